The van der Waals surface area contributed by atoms with E-state index in [4.69, 9.17) is 9.47 Å². The number of hydrogen-bond donors (Lipinski definition) is 1. The molecule has 0 heterocycles. The zero-order valence-electron chi connectivity index (χ0n) is 13.3. The van der Waals surface area contributed by atoms with Crippen LogP contribution >= 0.6 is 0 Å². The SMILES string of the molecule is C=C1C[C@H](/C=C/C(=O)OCC)C[C@@H]1NC(=O)OC(C)(C)C. The Morgan fingerprint density at radius 3 is 2.67 bits per heavy atom. The first-order valence-corrected chi connectivity index (χ1v) is 7.23. The number of carbonyl (C=O) groups excluding carboxylic acids is 2. The average molecular weight is 295 g/mol. The zero-order chi connectivity index (χ0) is 16.0. The number of esters is 1. The molecular weight excluding hydrogens is 270 g/mol. The minimum absolute atomic E-state index is 0.114. The van der Waals surface area contributed by atoms with Crippen molar-refractivity contribution in [1.82, 2.24) is 5.32 Å². The molecule has 1 amide bonds. The van der Waals surface area contributed by atoms with E-state index in [1.807, 2.05) is 26.8 Å². The summed E-state index contributed by atoms with van der Waals surface area (Å²) < 4.78 is 10.1. The number of carbonyl (C=O) groups is 2. The van der Waals surface area contributed by atoms with Gasteiger partial charge in [-0.25, -0.2) is 9.59 Å². The van der Waals surface area contributed by atoms with Crippen LogP contribution in [0, 0.1) is 5.92 Å². The second-order valence-electron chi connectivity index (χ2n) is 6.17. The molecule has 5 heteroatoms. The molecule has 1 aliphatic carbocycles. The van der Waals surface area contributed by atoms with E-state index in [0.717, 1.165) is 12.0 Å². The van der Waals surface area contributed by atoms with E-state index >= 15 is 0 Å². The number of ether oxygens (including phenoxy) is 2. The summed E-state index contributed by atoms with van der Waals surface area (Å²) in [7, 11) is 0. The van der Waals surface area contributed by atoms with Crippen LogP contribution in [0.2, 0.25) is 0 Å². The monoisotopic (exact) mass is 295 g/mol. The standard InChI is InChI=1S/C16H25NO4/c1-6-20-14(18)8-7-12-9-11(2)13(10-12)17-15(19)21-16(3,4)5/h7-8,12-13H,2,6,9-10H2,1,3-5H3,(H,17,19)/b8-7+/t12-,13-/m0/s1. The molecule has 2 atom stereocenters. The maximum absolute atomic E-state index is 11.8. The number of alkyl carbamates (subject to hydrolysis) is 1. The van der Waals surface area contributed by atoms with E-state index < -0.39 is 11.7 Å². The maximum Gasteiger partial charge on any atom is 0.408 e. The molecule has 0 bridgehead atoms. The molecule has 0 aromatic rings. The minimum Gasteiger partial charge on any atom is -0.463 e. The molecule has 118 valence electrons. The molecule has 0 aromatic heterocycles. The normalized spacial score (nSPS) is 22.4. The Kier molecular flexibility index (Phi) is 6.00. The maximum atomic E-state index is 11.8. The Morgan fingerprint density at radius 2 is 2.10 bits per heavy atom. The number of amides is 1. The predicted molar refractivity (Wildman–Crippen MR) is 80.8 cm³/mol. The molecule has 1 fully saturated rings. The van der Waals surface area contributed by atoms with Gasteiger partial charge in [0, 0.05) is 6.08 Å². The van der Waals surface area contributed by atoms with Gasteiger partial charge in [0.25, 0.3) is 0 Å². The predicted octanol–water partition coefficient (Wildman–Crippen LogP) is 2.97. The van der Waals surface area contributed by atoms with Crippen LogP contribution in [0.1, 0.15) is 40.5 Å². The molecule has 0 spiro atoms. The van der Waals surface area contributed by atoms with Gasteiger partial charge in [0.05, 0.1) is 12.6 Å². The Balaban J connectivity index is 2.48. The summed E-state index contributed by atoms with van der Waals surface area (Å²) in [6.45, 7) is 11.6. The van der Waals surface area contributed by atoms with Crippen LogP contribution in [-0.2, 0) is 14.3 Å². The summed E-state index contributed by atoms with van der Waals surface area (Å²) in [6, 6.07) is -0.114. The average Bonchev–Trinajstić information content (AvgIpc) is 2.65. The van der Waals surface area contributed by atoms with Crippen LogP contribution in [0.4, 0.5) is 4.79 Å². The van der Waals surface area contributed by atoms with Crippen molar-refractivity contribution in [2.45, 2.75) is 52.2 Å². The molecule has 1 rings (SSSR count). The summed E-state index contributed by atoms with van der Waals surface area (Å²) in [5.41, 5.74) is 0.423. The van der Waals surface area contributed by atoms with Crippen LogP contribution in [-0.4, -0.2) is 30.3 Å². The summed E-state index contributed by atoms with van der Waals surface area (Å²) in [4.78, 5) is 23.0. The number of allylic oxidation sites excluding steroid dienone is 1. The highest BCUT2D eigenvalue weighted by Crippen LogP contribution is 2.30. The van der Waals surface area contributed by atoms with Gasteiger partial charge in [0.2, 0.25) is 0 Å². The number of rotatable bonds is 4. The Morgan fingerprint density at radius 1 is 1.43 bits per heavy atom. The summed E-state index contributed by atoms with van der Waals surface area (Å²) in [5.74, 6) is -0.159. The summed E-state index contributed by atoms with van der Waals surface area (Å²) in [6.07, 6.45) is 4.28. The molecule has 5 nitrogen and oxygen atoms in total. The van der Waals surface area contributed by atoms with Gasteiger partial charge in [-0.15, -0.1) is 0 Å². The fourth-order valence-corrected chi connectivity index (χ4v) is 2.19. The highest BCUT2D eigenvalue weighted by atomic mass is 16.6. The van der Waals surface area contributed by atoms with Crippen LogP contribution in [0.5, 0.6) is 0 Å². The molecule has 1 saturated carbocycles. The van der Waals surface area contributed by atoms with Crippen LogP contribution in [0.25, 0.3) is 0 Å². The highest BCUT2D eigenvalue weighted by Gasteiger charge is 2.29. The van der Waals surface area contributed by atoms with Gasteiger partial charge < -0.3 is 14.8 Å². The van der Waals surface area contributed by atoms with Gasteiger partial charge >= 0.3 is 12.1 Å². The van der Waals surface area contributed by atoms with Gasteiger partial charge in [0.1, 0.15) is 5.60 Å². The second-order valence-corrected chi connectivity index (χ2v) is 6.17. The molecule has 0 aromatic carbocycles. The number of nitrogens with one attached hydrogen (secondary N) is 1. The first-order chi connectivity index (χ1) is 9.71. The van der Waals surface area contributed by atoms with Crippen molar-refractivity contribution >= 4 is 12.1 Å². The van der Waals surface area contributed by atoms with E-state index in [-0.39, 0.29) is 17.9 Å². The van der Waals surface area contributed by atoms with Crippen molar-refractivity contribution in [1.29, 1.82) is 0 Å². The third kappa shape index (κ3) is 6.47. The lowest BCUT2D eigenvalue weighted by atomic mass is 10.1. The minimum atomic E-state index is -0.521. The van der Waals surface area contributed by atoms with Crippen molar-refractivity contribution in [2.75, 3.05) is 6.61 Å². The largest absolute Gasteiger partial charge is 0.463 e. The first-order valence-electron chi connectivity index (χ1n) is 7.23. The van der Waals surface area contributed by atoms with Crippen molar-refractivity contribution in [3.8, 4) is 0 Å². The summed E-state index contributed by atoms with van der Waals surface area (Å²) in [5, 5.41) is 2.82. The van der Waals surface area contributed by atoms with E-state index in [0.29, 0.717) is 13.0 Å². The van der Waals surface area contributed by atoms with E-state index in [1.54, 1.807) is 6.92 Å². The molecule has 0 saturated heterocycles. The quantitative estimate of drug-likeness (QED) is 0.492. The van der Waals surface area contributed by atoms with E-state index in [1.165, 1.54) is 6.08 Å². The van der Waals surface area contributed by atoms with Crippen molar-refractivity contribution in [2.24, 2.45) is 5.92 Å². The highest BCUT2D eigenvalue weighted by molar-refractivity contribution is 5.81. The van der Waals surface area contributed by atoms with E-state index in [2.05, 4.69) is 11.9 Å². The fraction of sp³-hybridized carbons (Fsp3) is 0.625. The van der Waals surface area contributed by atoms with Crippen molar-refractivity contribution in [3.63, 3.8) is 0 Å². The molecule has 1 N–H and O–H groups in total. The molecule has 21 heavy (non-hydrogen) atoms. The molecule has 0 unspecified atom stereocenters. The van der Waals surface area contributed by atoms with E-state index in [9.17, 15) is 9.59 Å². The van der Waals surface area contributed by atoms with Gasteiger partial charge in [-0.05, 0) is 46.5 Å². The molecular formula is C16H25NO4. The van der Waals surface area contributed by atoms with Gasteiger partial charge in [-0.1, -0.05) is 18.2 Å². The van der Waals surface area contributed by atoms with Crippen molar-refractivity contribution in [3.05, 3.63) is 24.3 Å². The Hall–Kier alpha value is -1.78. The first kappa shape index (κ1) is 17.3. The lowest BCUT2D eigenvalue weighted by Crippen LogP contribution is -2.38. The van der Waals surface area contributed by atoms with Gasteiger partial charge in [-0.2, -0.15) is 0 Å². The smallest absolute Gasteiger partial charge is 0.408 e. The van der Waals surface area contributed by atoms with Crippen LogP contribution in [0.3, 0.4) is 0 Å². The number of hydrogen-bond acceptors (Lipinski definition) is 4. The lowest BCUT2D eigenvalue weighted by Gasteiger charge is -2.22. The Bertz CT molecular complexity index is 434. The van der Waals surface area contributed by atoms with Gasteiger partial charge in [0.15, 0.2) is 0 Å². The lowest BCUT2D eigenvalue weighted by molar-refractivity contribution is -0.137. The summed E-state index contributed by atoms with van der Waals surface area (Å²) >= 11 is 0. The van der Waals surface area contributed by atoms with Crippen LogP contribution < -0.4 is 5.32 Å². The van der Waals surface area contributed by atoms with Crippen LogP contribution in [0.15, 0.2) is 24.3 Å². The molecule has 1 aliphatic rings. The third-order valence-corrected chi connectivity index (χ3v) is 3.04. The third-order valence-electron chi connectivity index (χ3n) is 3.04. The van der Waals surface area contributed by atoms with Gasteiger partial charge in [-0.3, -0.25) is 0 Å². The Labute approximate surface area is 126 Å². The zero-order valence-corrected chi connectivity index (χ0v) is 13.3. The topological polar surface area (TPSA) is 64.6 Å². The fourth-order valence-electron chi connectivity index (χ4n) is 2.19. The second kappa shape index (κ2) is 7.29. The van der Waals surface area contributed by atoms with Crippen molar-refractivity contribution < 1.29 is 19.1 Å². The molecule has 0 radical (unpaired) electrons. The molecule has 0 aliphatic heterocycles.